The summed E-state index contributed by atoms with van der Waals surface area (Å²) in [6.07, 6.45) is -1.60. The predicted octanol–water partition coefficient (Wildman–Crippen LogP) is 4.23. The third kappa shape index (κ3) is 6.10. The fourth-order valence-electron chi connectivity index (χ4n) is 1.67. The highest BCUT2D eigenvalue weighted by atomic mass is 31.2. The van der Waals surface area contributed by atoms with Crippen LogP contribution in [0.2, 0.25) is 0 Å². The molecule has 1 unspecified atom stereocenters. The molecule has 0 aromatic heterocycles. The van der Waals surface area contributed by atoms with Crippen LogP contribution < -0.4 is 0 Å². The summed E-state index contributed by atoms with van der Waals surface area (Å²) >= 11 is 0. The first-order valence-corrected chi connectivity index (χ1v) is 8.44. The number of rotatable bonds is 8. The minimum absolute atomic E-state index is 0.268. The van der Waals surface area contributed by atoms with E-state index >= 15 is 0 Å². The van der Waals surface area contributed by atoms with Crippen LogP contribution in [0.15, 0.2) is 30.3 Å². The Hall–Kier alpha value is -1.00. The monoisotopic (exact) mass is 314 g/mol. The molecule has 0 aliphatic carbocycles. The van der Waals surface area contributed by atoms with E-state index in [1.165, 1.54) is 6.92 Å². The summed E-state index contributed by atoms with van der Waals surface area (Å²) in [6, 6.07) is 8.69. The van der Waals surface area contributed by atoms with E-state index in [-0.39, 0.29) is 18.0 Å². The Bertz CT molecular complexity index is 484. The van der Waals surface area contributed by atoms with Crippen molar-refractivity contribution in [3.8, 4) is 0 Å². The van der Waals surface area contributed by atoms with Gasteiger partial charge in [0, 0.05) is 5.56 Å². The van der Waals surface area contributed by atoms with Crippen LogP contribution in [0.5, 0.6) is 0 Å². The molecule has 0 amide bonds. The van der Waals surface area contributed by atoms with Crippen LogP contribution in [-0.4, -0.2) is 24.1 Å². The summed E-state index contributed by atoms with van der Waals surface area (Å²) in [5.74, 6) is -0.268. The van der Waals surface area contributed by atoms with Gasteiger partial charge in [0.15, 0.2) is 5.78 Å². The van der Waals surface area contributed by atoms with Crippen molar-refractivity contribution in [2.75, 3.05) is 0 Å². The Balaban J connectivity index is 2.83. The van der Waals surface area contributed by atoms with Gasteiger partial charge in [-0.2, -0.15) is 0 Å². The lowest BCUT2D eigenvalue weighted by molar-refractivity contribution is 0.0445. The standard InChI is InChI=1S/C15H23O5P/c1-11(2)18-21(17,19-12(3)4)20-13(5)15(16)14-9-7-6-8-10-14/h6-13H,1-5H3. The largest absolute Gasteiger partial charge is 0.475 e. The molecule has 0 aliphatic heterocycles. The highest BCUT2D eigenvalue weighted by Crippen LogP contribution is 2.52. The summed E-state index contributed by atoms with van der Waals surface area (Å²) in [5.41, 5.74) is 0.491. The lowest BCUT2D eigenvalue weighted by Gasteiger charge is -2.24. The molecule has 1 aromatic rings. The zero-order chi connectivity index (χ0) is 16.0. The molecule has 0 spiro atoms. The van der Waals surface area contributed by atoms with Crippen LogP contribution in [0.1, 0.15) is 45.0 Å². The van der Waals surface area contributed by atoms with Crippen LogP contribution in [0.4, 0.5) is 0 Å². The maximum atomic E-state index is 12.6. The van der Waals surface area contributed by atoms with Gasteiger partial charge in [-0.05, 0) is 34.6 Å². The maximum absolute atomic E-state index is 12.6. The lowest BCUT2D eigenvalue weighted by Crippen LogP contribution is -2.22. The molecule has 21 heavy (non-hydrogen) atoms. The molecule has 0 heterocycles. The number of hydrogen-bond acceptors (Lipinski definition) is 5. The molecule has 118 valence electrons. The summed E-state index contributed by atoms with van der Waals surface area (Å²) in [6.45, 7) is 8.44. The summed E-state index contributed by atoms with van der Waals surface area (Å²) in [5, 5.41) is 0. The number of phosphoric acid groups is 1. The summed E-state index contributed by atoms with van der Waals surface area (Å²) < 4.78 is 28.4. The molecule has 1 rings (SSSR count). The molecule has 1 atom stereocenters. The molecule has 0 aliphatic rings. The van der Waals surface area contributed by atoms with Crippen molar-refractivity contribution >= 4 is 13.6 Å². The Morgan fingerprint density at radius 2 is 1.38 bits per heavy atom. The second kappa shape index (κ2) is 7.85. The number of ketones is 1. The molecule has 5 nitrogen and oxygen atoms in total. The van der Waals surface area contributed by atoms with Crippen LogP contribution in [0.25, 0.3) is 0 Å². The van der Waals surface area contributed by atoms with Gasteiger partial charge in [0.25, 0.3) is 0 Å². The van der Waals surface area contributed by atoms with E-state index < -0.39 is 13.9 Å². The van der Waals surface area contributed by atoms with Gasteiger partial charge in [-0.3, -0.25) is 18.4 Å². The lowest BCUT2D eigenvalue weighted by atomic mass is 10.1. The van der Waals surface area contributed by atoms with Gasteiger partial charge in [0.2, 0.25) is 0 Å². The molecule has 1 aromatic carbocycles. The number of hydrogen-bond donors (Lipinski definition) is 0. The van der Waals surface area contributed by atoms with Crippen molar-refractivity contribution in [2.45, 2.75) is 52.9 Å². The first kappa shape index (κ1) is 18.1. The number of benzene rings is 1. The number of carbonyl (C=O) groups excluding carboxylic acids is 1. The SMILES string of the molecule is CC(C)OP(=O)(OC(C)C)OC(C)C(=O)c1ccccc1. The van der Waals surface area contributed by atoms with E-state index in [1.807, 2.05) is 6.07 Å². The van der Waals surface area contributed by atoms with E-state index in [1.54, 1.807) is 52.0 Å². The minimum Gasteiger partial charge on any atom is -0.291 e. The Kier molecular flexibility index (Phi) is 6.75. The van der Waals surface area contributed by atoms with Crippen LogP contribution >= 0.6 is 7.82 Å². The van der Waals surface area contributed by atoms with Crippen LogP contribution in [-0.2, 0) is 18.1 Å². The van der Waals surface area contributed by atoms with Crippen molar-refractivity contribution in [3.63, 3.8) is 0 Å². The second-order valence-electron chi connectivity index (χ2n) is 5.23. The summed E-state index contributed by atoms with van der Waals surface area (Å²) in [4.78, 5) is 12.2. The number of phosphoric ester groups is 1. The number of Topliss-reactive ketones (excluding diaryl/α,β-unsaturated/α-hetero) is 1. The first-order valence-electron chi connectivity index (χ1n) is 6.98. The predicted molar refractivity (Wildman–Crippen MR) is 81.4 cm³/mol. The van der Waals surface area contributed by atoms with Gasteiger partial charge in [0.05, 0.1) is 12.2 Å². The van der Waals surface area contributed by atoms with Crippen molar-refractivity contribution in [3.05, 3.63) is 35.9 Å². The molecule has 6 heteroatoms. The zero-order valence-electron chi connectivity index (χ0n) is 13.1. The van der Waals surface area contributed by atoms with E-state index in [2.05, 4.69) is 0 Å². The van der Waals surface area contributed by atoms with Gasteiger partial charge in [-0.1, -0.05) is 30.3 Å². The zero-order valence-corrected chi connectivity index (χ0v) is 14.0. The van der Waals surface area contributed by atoms with Gasteiger partial charge in [0.1, 0.15) is 6.10 Å². The van der Waals surface area contributed by atoms with Crippen molar-refractivity contribution < 1.29 is 22.9 Å². The van der Waals surface area contributed by atoms with Crippen molar-refractivity contribution in [1.29, 1.82) is 0 Å². The van der Waals surface area contributed by atoms with Crippen LogP contribution in [0.3, 0.4) is 0 Å². The maximum Gasteiger partial charge on any atom is 0.475 e. The van der Waals surface area contributed by atoms with Crippen LogP contribution in [0, 0.1) is 0 Å². The molecular weight excluding hydrogens is 291 g/mol. The van der Waals surface area contributed by atoms with Crippen molar-refractivity contribution in [2.24, 2.45) is 0 Å². The molecule has 0 radical (unpaired) electrons. The molecule has 0 saturated heterocycles. The average Bonchev–Trinajstić information content (AvgIpc) is 2.36. The topological polar surface area (TPSA) is 61.8 Å². The van der Waals surface area contributed by atoms with Crippen molar-refractivity contribution in [1.82, 2.24) is 0 Å². The highest BCUT2D eigenvalue weighted by Gasteiger charge is 2.34. The van der Waals surface area contributed by atoms with E-state index in [0.29, 0.717) is 5.56 Å². The van der Waals surface area contributed by atoms with Gasteiger partial charge < -0.3 is 0 Å². The third-order valence-corrected chi connectivity index (χ3v) is 4.33. The average molecular weight is 314 g/mol. The number of carbonyl (C=O) groups is 1. The van der Waals surface area contributed by atoms with Gasteiger partial charge in [-0.25, -0.2) is 4.57 Å². The smallest absolute Gasteiger partial charge is 0.291 e. The molecular formula is C15H23O5P. The minimum atomic E-state index is -3.78. The Morgan fingerprint density at radius 3 is 1.81 bits per heavy atom. The molecule has 0 fully saturated rings. The molecule has 0 N–H and O–H groups in total. The molecule has 0 saturated carbocycles. The summed E-state index contributed by atoms with van der Waals surface area (Å²) in [7, 11) is -3.78. The third-order valence-electron chi connectivity index (χ3n) is 2.39. The highest BCUT2D eigenvalue weighted by molar-refractivity contribution is 7.48. The quantitative estimate of drug-likeness (QED) is 0.530. The fraction of sp³-hybridized carbons (Fsp3) is 0.533. The Morgan fingerprint density at radius 1 is 0.905 bits per heavy atom. The second-order valence-corrected chi connectivity index (χ2v) is 6.76. The Labute approximate surface area is 126 Å². The fourth-order valence-corrected chi connectivity index (χ4v) is 3.33. The molecule has 0 bridgehead atoms. The van der Waals surface area contributed by atoms with E-state index in [9.17, 15) is 9.36 Å². The van der Waals surface area contributed by atoms with E-state index in [4.69, 9.17) is 13.6 Å². The van der Waals surface area contributed by atoms with Gasteiger partial charge >= 0.3 is 7.82 Å². The van der Waals surface area contributed by atoms with Gasteiger partial charge in [-0.15, -0.1) is 0 Å². The normalized spacial score (nSPS) is 13.7. The van der Waals surface area contributed by atoms with E-state index in [0.717, 1.165) is 0 Å². The first-order chi connectivity index (χ1) is 9.73.